The Kier molecular flexibility index (Phi) is 3.42. The molecule has 24 heavy (non-hydrogen) atoms. The number of rotatable bonds is 4. The minimum atomic E-state index is -0.305. The predicted octanol–water partition coefficient (Wildman–Crippen LogP) is 1.22. The molecule has 7 nitrogen and oxygen atoms in total. The van der Waals surface area contributed by atoms with Gasteiger partial charge in [-0.2, -0.15) is 0 Å². The first kappa shape index (κ1) is 14.6. The van der Waals surface area contributed by atoms with E-state index in [1.165, 1.54) is 0 Å². The van der Waals surface area contributed by atoms with Crippen LogP contribution in [0.1, 0.15) is 11.5 Å². The van der Waals surface area contributed by atoms with Gasteiger partial charge in [-0.1, -0.05) is 12.1 Å². The first-order valence-electron chi connectivity index (χ1n) is 7.75. The predicted molar refractivity (Wildman–Crippen MR) is 89.4 cm³/mol. The number of aromatic hydroxyl groups is 1. The largest absolute Gasteiger partial charge is 0.507 e. The number of phenolic OH excluding ortho intramolecular Hbond substituents is 1. The van der Waals surface area contributed by atoms with Crippen LogP contribution in [0.4, 0.5) is 0 Å². The standard InChI is InChI=1S/C17H17N5O2/c18-16(24)9-22-7-10(8-22)13-6-19-17-12(13)5-14(20-21-17)11-3-1-2-4-15(11)23/h1-6,10,23H,7-9H2,(H2,18,24)(H,19,21). The Balaban J connectivity index is 1.65. The second-order valence-electron chi connectivity index (χ2n) is 6.11. The summed E-state index contributed by atoms with van der Waals surface area (Å²) in [6.45, 7) is 1.88. The highest BCUT2D eigenvalue weighted by Crippen LogP contribution is 2.34. The molecule has 122 valence electrons. The molecule has 1 saturated heterocycles. The van der Waals surface area contributed by atoms with Gasteiger partial charge in [0.2, 0.25) is 5.91 Å². The molecule has 2 aromatic heterocycles. The zero-order valence-electron chi connectivity index (χ0n) is 12.9. The molecule has 0 aliphatic carbocycles. The smallest absolute Gasteiger partial charge is 0.231 e. The maximum atomic E-state index is 11.0. The zero-order valence-corrected chi connectivity index (χ0v) is 12.9. The number of phenols is 1. The number of carbonyl (C=O) groups is 1. The first-order valence-corrected chi connectivity index (χ1v) is 7.75. The van der Waals surface area contributed by atoms with Crippen molar-refractivity contribution in [2.75, 3.05) is 19.6 Å². The Morgan fingerprint density at radius 2 is 2.12 bits per heavy atom. The van der Waals surface area contributed by atoms with Crippen molar-refractivity contribution >= 4 is 16.9 Å². The second-order valence-corrected chi connectivity index (χ2v) is 6.11. The zero-order chi connectivity index (χ0) is 16.7. The summed E-state index contributed by atoms with van der Waals surface area (Å²) in [6.07, 6.45) is 1.94. The van der Waals surface area contributed by atoms with Crippen molar-refractivity contribution in [2.24, 2.45) is 5.73 Å². The van der Waals surface area contributed by atoms with Crippen LogP contribution in [0.3, 0.4) is 0 Å². The van der Waals surface area contributed by atoms with Gasteiger partial charge in [0.25, 0.3) is 0 Å². The normalized spacial score (nSPS) is 15.5. The maximum absolute atomic E-state index is 11.0. The van der Waals surface area contributed by atoms with E-state index in [0.29, 0.717) is 23.7 Å². The van der Waals surface area contributed by atoms with Crippen LogP contribution in [0.15, 0.2) is 36.5 Å². The Morgan fingerprint density at radius 1 is 1.33 bits per heavy atom. The topological polar surface area (TPSA) is 108 Å². The number of nitrogens with zero attached hydrogens (tertiary/aromatic N) is 3. The lowest BCUT2D eigenvalue weighted by atomic mass is 9.91. The minimum absolute atomic E-state index is 0.180. The molecule has 0 radical (unpaired) electrons. The molecule has 1 aliphatic heterocycles. The molecule has 1 aliphatic rings. The van der Waals surface area contributed by atoms with Gasteiger partial charge < -0.3 is 15.8 Å². The van der Waals surface area contributed by atoms with Gasteiger partial charge in [0.1, 0.15) is 5.75 Å². The van der Waals surface area contributed by atoms with Gasteiger partial charge in [-0.15, -0.1) is 10.2 Å². The molecule has 3 heterocycles. The van der Waals surface area contributed by atoms with Crippen molar-refractivity contribution < 1.29 is 9.90 Å². The minimum Gasteiger partial charge on any atom is -0.507 e. The van der Waals surface area contributed by atoms with Gasteiger partial charge in [-0.25, -0.2) is 0 Å². The van der Waals surface area contributed by atoms with Gasteiger partial charge in [-0.3, -0.25) is 9.69 Å². The van der Waals surface area contributed by atoms with Crippen LogP contribution in [0.2, 0.25) is 0 Å². The van der Waals surface area contributed by atoms with Gasteiger partial charge in [-0.05, 0) is 23.8 Å². The molecule has 0 unspecified atom stereocenters. The molecule has 1 amide bonds. The number of nitrogens with one attached hydrogen (secondary N) is 1. The molecule has 3 aromatic rings. The van der Waals surface area contributed by atoms with Crippen molar-refractivity contribution in [3.8, 4) is 17.0 Å². The molecule has 0 atom stereocenters. The van der Waals surface area contributed by atoms with E-state index in [1.807, 2.05) is 29.3 Å². The van der Waals surface area contributed by atoms with Crippen molar-refractivity contribution in [1.29, 1.82) is 0 Å². The highest BCUT2D eigenvalue weighted by Gasteiger charge is 2.30. The van der Waals surface area contributed by atoms with Gasteiger partial charge in [0, 0.05) is 36.2 Å². The Hall–Kier alpha value is -2.93. The number of carbonyl (C=O) groups excluding carboxylic acids is 1. The molecule has 0 bridgehead atoms. The number of amides is 1. The molecule has 4 N–H and O–H groups in total. The number of para-hydroxylation sites is 1. The lowest BCUT2D eigenvalue weighted by Gasteiger charge is -2.38. The van der Waals surface area contributed by atoms with E-state index >= 15 is 0 Å². The Bertz CT molecular complexity index is 914. The van der Waals surface area contributed by atoms with E-state index in [2.05, 4.69) is 15.2 Å². The first-order chi connectivity index (χ1) is 11.6. The molecular formula is C17H17N5O2. The summed E-state index contributed by atoms with van der Waals surface area (Å²) < 4.78 is 0. The van der Waals surface area contributed by atoms with Gasteiger partial charge in [0.05, 0.1) is 12.2 Å². The van der Waals surface area contributed by atoms with Crippen molar-refractivity contribution in [3.63, 3.8) is 0 Å². The average Bonchev–Trinajstić information content (AvgIpc) is 2.93. The number of primary amides is 1. The maximum Gasteiger partial charge on any atom is 0.231 e. The van der Waals surface area contributed by atoms with E-state index < -0.39 is 0 Å². The van der Waals surface area contributed by atoms with Crippen molar-refractivity contribution in [2.45, 2.75) is 5.92 Å². The number of fused-ring (bicyclic) bond motifs is 1. The highest BCUT2D eigenvalue weighted by molar-refractivity contribution is 5.84. The number of aromatic amines is 1. The summed E-state index contributed by atoms with van der Waals surface area (Å²) in [7, 11) is 0. The lowest BCUT2D eigenvalue weighted by molar-refractivity contribution is -0.120. The van der Waals surface area contributed by atoms with Crippen LogP contribution in [0, 0.1) is 0 Å². The van der Waals surface area contributed by atoms with Crippen LogP contribution < -0.4 is 5.73 Å². The number of likely N-dealkylation sites (tertiary alicyclic amines) is 1. The number of benzene rings is 1. The van der Waals surface area contributed by atoms with Crippen molar-refractivity contribution in [3.05, 3.63) is 42.1 Å². The fourth-order valence-electron chi connectivity index (χ4n) is 3.22. The van der Waals surface area contributed by atoms with E-state index in [9.17, 15) is 9.90 Å². The van der Waals surface area contributed by atoms with Crippen LogP contribution in [-0.4, -0.2) is 50.7 Å². The fraction of sp³-hybridized carbons (Fsp3) is 0.235. The monoisotopic (exact) mass is 323 g/mol. The summed E-state index contributed by atoms with van der Waals surface area (Å²) in [4.78, 5) is 16.1. The molecule has 4 rings (SSSR count). The Labute approximate surface area is 138 Å². The SMILES string of the molecule is NC(=O)CN1CC(c2c[nH]c3nnc(-c4ccccc4O)cc23)C1. The number of aromatic nitrogens is 3. The molecule has 0 saturated carbocycles. The van der Waals surface area contributed by atoms with Crippen LogP contribution in [0.25, 0.3) is 22.3 Å². The summed E-state index contributed by atoms with van der Waals surface area (Å²) in [5.74, 6) is 0.208. The van der Waals surface area contributed by atoms with Gasteiger partial charge in [0.15, 0.2) is 5.65 Å². The fourth-order valence-corrected chi connectivity index (χ4v) is 3.22. The number of nitrogens with two attached hydrogens (primary N) is 1. The second kappa shape index (κ2) is 5.61. The van der Waals surface area contributed by atoms with E-state index in [-0.39, 0.29) is 11.7 Å². The number of H-pyrrole nitrogens is 1. The van der Waals surface area contributed by atoms with Crippen LogP contribution >= 0.6 is 0 Å². The molecule has 1 aromatic carbocycles. The molecule has 1 fully saturated rings. The van der Waals surface area contributed by atoms with Gasteiger partial charge >= 0.3 is 0 Å². The quantitative estimate of drug-likeness (QED) is 0.669. The van der Waals surface area contributed by atoms with E-state index in [1.54, 1.807) is 12.1 Å². The summed E-state index contributed by atoms with van der Waals surface area (Å²) in [5.41, 5.74) is 8.39. The number of hydrogen-bond acceptors (Lipinski definition) is 5. The molecule has 0 spiro atoms. The molecule has 7 heteroatoms. The number of hydrogen-bond donors (Lipinski definition) is 3. The Morgan fingerprint density at radius 3 is 2.88 bits per heavy atom. The summed E-state index contributed by atoms with van der Waals surface area (Å²) in [6, 6.07) is 9.02. The van der Waals surface area contributed by atoms with Crippen LogP contribution in [0.5, 0.6) is 5.75 Å². The lowest BCUT2D eigenvalue weighted by Crippen LogP contribution is -2.48. The van der Waals surface area contributed by atoms with E-state index in [4.69, 9.17) is 5.73 Å². The third kappa shape index (κ3) is 2.48. The average molecular weight is 323 g/mol. The highest BCUT2D eigenvalue weighted by atomic mass is 16.3. The third-order valence-electron chi connectivity index (χ3n) is 4.43. The van der Waals surface area contributed by atoms with E-state index in [0.717, 1.165) is 29.7 Å². The third-order valence-corrected chi connectivity index (χ3v) is 4.43. The van der Waals surface area contributed by atoms with Crippen LogP contribution in [-0.2, 0) is 4.79 Å². The van der Waals surface area contributed by atoms with Crippen molar-refractivity contribution in [1.82, 2.24) is 20.1 Å². The molecular weight excluding hydrogens is 306 g/mol. The summed E-state index contributed by atoms with van der Waals surface area (Å²) in [5, 5.41) is 19.4. The summed E-state index contributed by atoms with van der Waals surface area (Å²) >= 11 is 0.